The van der Waals surface area contributed by atoms with E-state index in [-0.39, 0.29) is 5.91 Å². The summed E-state index contributed by atoms with van der Waals surface area (Å²) in [5.41, 5.74) is -2.09. The van der Waals surface area contributed by atoms with E-state index >= 15 is 0 Å². The molecule has 1 aliphatic carbocycles. The number of fused-ring (bicyclic) bond motifs is 1. The Morgan fingerprint density at radius 2 is 1.68 bits per heavy atom. The SMILES string of the molecule is C[C@@]12CC1(c1ccc(C(F)(F)F)cc1)C(=O)NC2=O. The van der Waals surface area contributed by atoms with Gasteiger partial charge in [0.05, 0.1) is 16.4 Å². The molecule has 0 spiro atoms. The highest BCUT2D eigenvalue weighted by Gasteiger charge is 2.78. The van der Waals surface area contributed by atoms with Crippen LogP contribution in [-0.4, -0.2) is 11.8 Å². The fraction of sp³-hybridized carbons (Fsp3) is 0.385. The van der Waals surface area contributed by atoms with E-state index in [1.165, 1.54) is 12.1 Å². The first-order chi connectivity index (χ1) is 8.72. The molecule has 1 aliphatic heterocycles. The summed E-state index contributed by atoms with van der Waals surface area (Å²) < 4.78 is 37.5. The van der Waals surface area contributed by atoms with Crippen LogP contribution in [0.25, 0.3) is 0 Å². The number of piperidine rings is 1. The zero-order valence-corrected chi connectivity index (χ0v) is 9.97. The Morgan fingerprint density at radius 1 is 1.11 bits per heavy atom. The van der Waals surface area contributed by atoms with Crippen LogP contribution < -0.4 is 5.32 Å². The lowest BCUT2D eigenvalue weighted by molar-refractivity contribution is -0.137. The van der Waals surface area contributed by atoms with Crippen molar-refractivity contribution >= 4 is 11.8 Å². The summed E-state index contributed by atoms with van der Waals surface area (Å²) in [7, 11) is 0. The molecule has 1 aromatic rings. The molecule has 1 unspecified atom stereocenters. The quantitative estimate of drug-likeness (QED) is 0.793. The third-order valence-corrected chi connectivity index (χ3v) is 4.26. The first-order valence-electron chi connectivity index (χ1n) is 5.75. The molecule has 1 heterocycles. The summed E-state index contributed by atoms with van der Waals surface area (Å²) in [5.74, 6) is -0.767. The molecule has 3 nitrogen and oxygen atoms in total. The Bertz CT molecular complexity index is 593. The number of alkyl halides is 3. The lowest BCUT2D eigenvalue weighted by Crippen LogP contribution is -2.30. The Kier molecular flexibility index (Phi) is 2.04. The van der Waals surface area contributed by atoms with Gasteiger partial charge in [-0.1, -0.05) is 12.1 Å². The number of imide groups is 1. The predicted molar refractivity (Wildman–Crippen MR) is 59.0 cm³/mol. The molecule has 6 heteroatoms. The smallest absolute Gasteiger partial charge is 0.295 e. The van der Waals surface area contributed by atoms with Gasteiger partial charge in [0, 0.05) is 0 Å². The third kappa shape index (κ3) is 1.34. The molecule has 19 heavy (non-hydrogen) atoms. The van der Waals surface area contributed by atoms with E-state index in [2.05, 4.69) is 5.32 Å². The molecule has 0 bridgehead atoms. The maximum atomic E-state index is 12.5. The molecule has 2 aliphatic rings. The second-order valence-corrected chi connectivity index (χ2v) is 5.27. The van der Waals surface area contributed by atoms with Gasteiger partial charge in [0.15, 0.2) is 0 Å². The summed E-state index contributed by atoms with van der Waals surface area (Å²) in [4.78, 5) is 23.5. The Labute approximate surface area is 106 Å². The number of nitrogens with one attached hydrogen (secondary N) is 1. The van der Waals surface area contributed by atoms with E-state index in [1.807, 2.05) is 0 Å². The van der Waals surface area contributed by atoms with Crippen LogP contribution in [0.5, 0.6) is 0 Å². The minimum atomic E-state index is -4.41. The average Bonchev–Trinajstić information content (AvgIpc) is 2.92. The van der Waals surface area contributed by atoms with E-state index in [1.54, 1.807) is 6.92 Å². The molecule has 0 radical (unpaired) electrons. The Balaban J connectivity index is 2.01. The first kappa shape index (κ1) is 12.2. The van der Waals surface area contributed by atoms with Gasteiger partial charge in [-0.3, -0.25) is 14.9 Å². The molecule has 1 saturated heterocycles. The second kappa shape index (κ2) is 3.18. The van der Waals surface area contributed by atoms with Crippen LogP contribution in [0.3, 0.4) is 0 Å². The summed E-state index contributed by atoms with van der Waals surface area (Å²) in [6.45, 7) is 1.66. The molecule has 100 valence electrons. The van der Waals surface area contributed by atoms with Gasteiger partial charge in [0.1, 0.15) is 0 Å². The lowest BCUT2D eigenvalue weighted by atomic mass is 9.88. The number of amides is 2. The predicted octanol–water partition coefficient (Wildman–Crippen LogP) is 2.01. The highest BCUT2D eigenvalue weighted by atomic mass is 19.4. The molecule has 0 aromatic heterocycles. The van der Waals surface area contributed by atoms with Gasteiger partial charge in [-0.2, -0.15) is 13.2 Å². The zero-order valence-electron chi connectivity index (χ0n) is 9.97. The monoisotopic (exact) mass is 269 g/mol. The van der Waals surface area contributed by atoms with Crippen LogP contribution in [0.4, 0.5) is 13.2 Å². The van der Waals surface area contributed by atoms with E-state index < -0.39 is 28.5 Å². The van der Waals surface area contributed by atoms with Crippen molar-refractivity contribution in [2.75, 3.05) is 0 Å². The highest BCUT2D eigenvalue weighted by molar-refractivity contribution is 6.17. The minimum absolute atomic E-state index is 0.350. The number of hydrogen-bond acceptors (Lipinski definition) is 2. The molecule has 1 aromatic carbocycles. The average molecular weight is 269 g/mol. The van der Waals surface area contributed by atoms with Gasteiger partial charge >= 0.3 is 6.18 Å². The Morgan fingerprint density at radius 3 is 2.05 bits per heavy atom. The van der Waals surface area contributed by atoms with Crippen molar-refractivity contribution in [2.45, 2.75) is 24.9 Å². The van der Waals surface area contributed by atoms with Crippen LogP contribution in [-0.2, 0) is 21.2 Å². The summed E-state index contributed by atoms with van der Waals surface area (Å²) in [5, 5.41) is 2.24. The van der Waals surface area contributed by atoms with Crippen molar-refractivity contribution in [2.24, 2.45) is 5.41 Å². The summed E-state index contributed by atoms with van der Waals surface area (Å²) in [6, 6.07) is 4.45. The zero-order chi connectivity index (χ0) is 14.1. The van der Waals surface area contributed by atoms with E-state index in [0.717, 1.165) is 12.1 Å². The topological polar surface area (TPSA) is 46.2 Å². The number of halogens is 3. The normalized spacial score (nSPS) is 33.1. The number of benzene rings is 1. The number of hydrogen-bond donors (Lipinski definition) is 1. The maximum absolute atomic E-state index is 12.5. The largest absolute Gasteiger partial charge is 0.416 e. The minimum Gasteiger partial charge on any atom is -0.295 e. The van der Waals surface area contributed by atoms with Crippen LogP contribution in [0, 0.1) is 5.41 Å². The van der Waals surface area contributed by atoms with Crippen molar-refractivity contribution in [1.82, 2.24) is 5.32 Å². The second-order valence-electron chi connectivity index (χ2n) is 5.27. The van der Waals surface area contributed by atoms with Crippen LogP contribution >= 0.6 is 0 Å². The van der Waals surface area contributed by atoms with Crippen LogP contribution in [0.1, 0.15) is 24.5 Å². The van der Waals surface area contributed by atoms with Gasteiger partial charge in [0.2, 0.25) is 11.8 Å². The third-order valence-electron chi connectivity index (χ3n) is 4.26. The maximum Gasteiger partial charge on any atom is 0.416 e. The number of carbonyl (C=O) groups excluding carboxylic acids is 2. The van der Waals surface area contributed by atoms with Crippen LogP contribution in [0.2, 0.25) is 0 Å². The molecular formula is C13H10F3NO2. The van der Waals surface area contributed by atoms with E-state index in [0.29, 0.717) is 12.0 Å². The van der Waals surface area contributed by atoms with Crippen molar-refractivity contribution in [3.8, 4) is 0 Å². The van der Waals surface area contributed by atoms with Gasteiger partial charge in [0.25, 0.3) is 0 Å². The fourth-order valence-electron chi connectivity index (χ4n) is 2.93. The molecule has 1 saturated carbocycles. The van der Waals surface area contributed by atoms with Crippen LogP contribution in [0.15, 0.2) is 24.3 Å². The van der Waals surface area contributed by atoms with Gasteiger partial charge in [-0.05, 0) is 31.0 Å². The van der Waals surface area contributed by atoms with E-state index in [4.69, 9.17) is 0 Å². The molecule has 3 rings (SSSR count). The Hall–Kier alpha value is -1.85. The van der Waals surface area contributed by atoms with Crippen molar-refractivity contribution < 1.29 is 22.8 Å². The number of carbonyl (C=O) groups is 2. The summed E-state index contributed by atoms with van der Waals surface area (Å²) >= 11 is 0. The van der Waals surface area contributed by atoms with Crippen molar-refractivity contribution in [3.05, 3.63) is 35.4 Å². The molecule has 1 N–H and O–H groups in total. The van der Waals surface area contributed by atoms with E-state index in [9.17, 15) is 22.8 Å². The highest BCUT2D eigenvalue weighted by Crippen LogP contribution is 2.67. The van der Waals surface area contributed by atoms with Gasteiger partial charge in [-0.25, -0.2) is 0 Å². The molecule has 2 amide bonds. The standard InChI is InChI=1S/C13H10F3NO2/c1-11-6-12(11,10(19)17-9(11)18)7-2-4-8(5-3-7)13(14,15)16/h2-5H,6H2,1H3,(H,17,18,19)/t11-,12?/m0/s1. The molecule has 2 atom stereocenters. The molecular weight excluding hydrogens is 259 g/mol. The van der Waals surface area contributed by atoms with Crippen molar-refractivity contribution in [3.63, 3.8) is 0 Å². The number of rotatable bonds is 1. The van der Waals surface area contributed by atoms with Gasteiger partial charge in [-0.15, -0.1) is 0 Å². The fourth-order valence-corrected chi connectivity index (χ4v) is 2.93. The first-order valence-corrected chi connectivity index (χ1v) is 5.75. The lowest BCUT2D eigenvalue weighted by Gasteiger charge is -2.13. The van der Waals surface area contributed by atoms with Crippen molar-refractivity contribution in [1.29, 1.82) is 0 Å². The summed E-state index contributed by atoms with van der Waals surface area (Å²) in [6.07, 6.45) is -4.05. The van der Waals surface area contributed by atoms with Gasteiger partial charge < -0.3 is 0 Å². The molecule has 2 fully saturated rings.